The number of nitrogens with zero attached hydrogens (tertiary/aromatic N) is 3. The molecule has 1 N–H and O–H groups in total. The summed E-state index contributed by atoms with van der Waals surface area (Å²) in [5, 5.41) is 8.16. The predicted octanol–water partition coefficient (Wildman–Crippen LogP) is 4.22. The van der Waals surface area contributed by atoms with Gasteiger partial charge in [0.15, 0.2) is 5.82 Å². The number of carbonyl (C=O) groups excluding carboxylic acids is 1. The third-order valence-corrected chi connectivity index (χ3v) is 6.51. The highest BCUT2D eigenvalue weighted by Gasteiger charge is 2.51. The molecule has 1 aromatic heterocycles. The van der Waals surface area contributed by atoms with Crippen LogP contribution in [0.15, 0.2) is 18.2 Å². The van der Waals surface area contributed by atoms with E-state index in [0.29, 0.717) is 22.9 Å². The van der Waals surface area contributed by atoms with E-state index in [4.69, 9.17) is 21.3 Å². The highest BCUT2D eigenvalue weighted by atomic mass is 35.5. The van der Waals surface area contributed by atoms with E-state index in [2.05, 4.69) is 17.1 Å². The number of rotatable bonds is 5. The van der Waals surface area contributed by atoms with Gasteiger partial charge in [-0.05, 0) is 42.9 Å². The third-order valence-electron chi connectivity index (χ3n) is 6.27. The second kappa shape index (κ2) is 7.74. The minimum Gasteiger partial charge on any atom is -0.496 e. The van der Waals surface area contributed by atoms with Crippen LogP contribution in [0.5, 0.6) is 5.75 Å². The Morgan fingerprint density at radius 2 is 2.18 bits per heavy atom. The summed E-state index contributed by atoms with van der Waals surface area (Å²) in [5.74, 6) is 2.50. The number of H-pyrrole nitrogens is 1. The number of amides is 1. The molecule has 4 rings (SSSR count). The fourth-order valence-corrected chi connectivity index (χ4v) is 5.07. The quantitative estimate of drug-likeness (QED) is 0.812. The Kier molecular flexibility index (Phi) is 5.32. The molecule has 0 bridgehead atoms. The molecule has 28 heavy (non-hydrogen) atoms. The summed E-state index contributed by atoms with van der Waals surface area (Å²) in [7, 11) is 1.58. The molecule has 0 radical (unpaired) electrons. The minimum atomic E-state index is -0.0301. The normalized spacial score (nSPS) is 20.8. The maximum atomic E-state index is 13.3. The number of likely N-dealkylation sites (tertiary alicyclic amines) is 1. The summed E-state index contributed by atoms with van der Waals surface area (Å²) in [4.78, 5) is 20.1. The predicted molar refractivity (Wildman–Crippen MR) is 108 cm³/mol. The molecule has 1 aliphatic heterocycles. The van der Waals surface area contributed by atoms with Crippen LogP contribution in [0.1, 0.15) is 67.0 Å². The van der Waals surface area contributed by atoms with Gasteiger partial charge in [-0.15, -0.1) is 0 Å². The maximum absolute atomic E-state index is 13.3. The lowest BCUT2D eigenvalue weighted by Gasteiger charge is -2.28. The fraction of sp³-hybridized carbons (Fsp3) is 0.571. The van der Waals surface area contributed by atoms with Gasteiger partial charge in [0.2, 0.25) is 0 Å². The van der Waals surface area contributed by atoms with Gasteiger partial charge in [-0.25, -0.2) is 4.98 Å². The van der Waals surface area contributed by atoms with Crippen molar-refractivity contribution in [1.82, 2.24) is 20.1 Å². The highest BCUT2D eigenvalue weighted by molar-refractivity contribution is 6.31. The van der Waals surface area contributed by atoms with Crippen molar-refractivity contribution >= 4 is 17.5 Å². The first-order valence-electron chi connectivity index (χ1n) is 10.1. The van der Waals surface area contributed by atoms with E-state index >= 15 is 0 Å². The third kappa shape index (κ3) is 3.39. The Balaban J connectivity index is 1.63. The Hall–Kier alpha value is -2.08. The van der Waals surface area contributed by atoms with Gasteiger partial charge < -0.3 is 9.64 Å². The Morgan fingerprint density at radius 1 is 1.39 bits per heavy atom. The number of hydrogen-bond acceptors (Lipinski definition) is 4. The molecule has 1 aliphatic carbocycles. The largest absolute Gasteiger partial charge is 0.496 e. The number of benzene rings is 1. The first kappa shape index (κ1) is 19.2. The molecule has 1 spiro atoms. The number of ether oxygens (including phenoxy) is 1. The van der Waals surface area contributed by atoms with Crippen LogP contribution in [0.25, 0.3) is 0 Å². The molecule has 1 saturated carbocycles. The smallest absolute Gasteiger partial charge is 0.257 e. The molecule has 2 fully saturated rings. The number of carbonyl (C=O) groups is 1. The molecule has 1 atom stereocenters. The summed E-state index contributed by atoms with van der Waals surface area (Å²) in [6.45, 7) is 3.51. The average Bonchev–Trinajstić information content (AvgIpc) is 3.43. The van der Waals surface area contributed by atoms with Crippen molar-refractivity contribution in [3.8, 4) is 5.75 Å². The number of nitrogens with one attached hydrogen (secondary N) is 1. The number of aryl methyl sites for hydroxylation is 1. The highest BCUT2D eigenvalue weighted by Crippen LogP contribution is 2.53. The molecule has 2 aliphatic rings. The molecule has 2 aromatic rings. The van der Waals surface area contributed by atoms with Gasteiger partial charge in [-0.1, -0.05) is 31.4 Å². The van der Waals surface area contributed by atoms with Gasteiger partial charge in [-0.2, -0.15) is 5.10 Å². The molecule has 1 saturated heterocycles. The molecule has 150 valence electrons. The lowest BCUT2D eigenvalue weighted by Crippen LogP contribution is -2.31. The van der Waals surface area contributed by atoms with Crippen LogP contribution in [0.4, 0.5) is 0 Å². The molecule has 1 unspecified atom stereocenters. The molecule has 1 aromatic carbocycles. The van der Waals surface area contributed by atoms with E-state index in [0.717, 1.165) is 43.9 Å². The standard InChI is InChI=1S/C21H27ClN4O2/c1-3-6-18-23-19(25-24-18)16-12-26(13-21(16)9-4-5-10-21)20(27)15-11-14(22)7-8-17(15)28-2/h7-8,11,16H,3-6,9-10,12-13H2,1-2H3,(H,23,24,25). The summed E-state index contributed by atoms with van der Waals surface area (Å²) in [6, 6.07) is 5.19. The topological polar surface area (TPSA) is 71.1 Å². The molecule has 1 amide bonds. The summed E-state index contributed by atoms with van der Waals surface area (Å²) < 4.78 is 5.40. The van der Waals surface area contributed by atoms with Crippen molar-refractivity contribution in [2.24, 2.45) is 5.41 Å². The van der Waals surface area contributed by atoms with Crippen molar-refractivity contribution < 1.29 is 9.53 Å². The van der Waals surface area contributed by atoms with Gasteiger partial charge in [0.05, 0.1) is 12.7 Å². The SMILES string of the molecule is CCCc1nc(C2CN(C(=O)c3cc(Cl)ccc3OC)CC23CCCC3)n[nH]1. The monoisotopic (exact) mass is 402 g/mol. The molecular weight excluding hydrogens is 376 g/mol. The maximum Gasteiger partial charge on any atom is 0.257 e. The average molecular weight is 403 g/mol. The Labute approximate surface area is 170 Å². The zero-order chi connectivity index (χ0) is 19.7. The molecule has 6 nitrogen and oxygen atoms in total. The van der Waals surface area contributed by atoms with Gasteiger partial charge in [0.25, 0.3) is 5.91 Å². The summed E-state index contributed by atoms with van der Waals surface area (Å²) in [5.41, 5.74) is 0.595. The van der Waals surface area contributed by atoms with Crippen LogP contribution in [-0.4, -0.2) is 46.2 Å². The molecular formula is C21H27ClN4O2. The molecule has 2 heterocycles. The van der Waals surface area contributed by atoms with Crippen LogP contribution in [0, 0.1) is 5.41 Å². The van der Waals surface area contributed by atoms with Crippen molar-refractivity contribution in [1.29, 1.82) is 0 Å². The van der Waals surface area contributed by atoms with Crippen molar-refractivity contribution in [3.63, 3.8) is 0 Å². The van der Waals surface area contributed by atoms with E-state index in [9.17, 15) is 4.79 Å². The first-order chi connectivity index (χ1) is 13.6. The molecule has 7 heteroatoms. The lowest BCUT2D eigenvalue weighted by atomic mass is 9.76. The van der Waals surface area contributed by atoms with Crippen LogP contribution in [0.2, 0.25) is 5.02 Å². The number of aromatic amines is 1. The zero-order valence-electron chi connectivity index (χ0n) is 16.5. The Morgan fingerprint density at radius 3 is 2.89 bits per heavy atom. The number of hydrogen-bond donors (Lipinski definition) is 1. The van der Waals surface area contributed by atoms with Gasteiger partial charge >= 0.3 is 0 Å². The second-order valence-corrected chi connectivity index (χ2v) is 8.48. The van der Waals surface area contributed by atoms with E-state index in [1.165, 1.54) is 12.8 Å². The van der Waals surface area contributed by atoms with E-state index in [1.54, 1.807) is 25.3 Å². The summed E-state index contributed by atoms with van der Waals surface area (Å²) >= 11 is 6.15. The Bertz CT molecular complexity index is 860. The summed E-state index contributed by atoms with van der Waals surface area (Å²) in [6.07, 6.45) is 6.56. The van der Waals surface area contributed by atoms with Gasteiger partial charge in [0, 0.05) is 30.5 Å². The van der Waals surface area contributed by atoms with E-state index in [1.807, 2.05) is 4.90 Å². The second-order valence-electron chi connectivity index (χ2n) is 8.04. The van der Waals surface area contributed by atoms with Crippen LogP contribution >= 0.6 is 11.6 Å². The van der Waals surface area contributed by atoms with Crippen LogP contribution < -0.4 is 4.74 Å². The first-order valence-corrected chi connectivity index (χ1v) is 10.5. The van der Waals surface area contributed by atoms with E-state index in [-0.39, 0.29) is 17.2 Å². The number of methoxy groups -OCH3 is 1. The van der Waals surface area contributed by atoms with Crippen LogP contribution in [0.3, 0.4) is 0 Å². The number of halogens is 1. The number of aromatic nitrogens is 3. The van der Waals surface area contributed by atoms with Crippen molar-refractivity contribution in [2.75, 3.05) is 20.2 Å². The fourth-order valence-electron chi connectivity index (χ4n) is 4.90. The van der Waals surface area contributed by atoms with Gasteiger partial charge in [0.1, 0.15) is 11.6 Å². The zero-order valence-corrected chi connectivity index (χ0v) is 17.3. The van der Waals surface area contributed by atoms with Crippen molar-refractivity contribution in [3.05, 3.63) is 40.4 Å². The lowest BCUT2D eigenvalue weighted by molar-refractivity contribution is 0.0770. The van der Waals surface area contributed by atoms with Crippen LogP contribution in [-0.2, 0) is 6.42 Å². The minimum absolute atomic E-state index is 0.0301. The van der Waals surface area contributed by atoms with E-state index < -0.39 is 0 Å². The van der Waals surface area contributed by atoms with Gasteiger partial charge in [-0.3, -0.25) is 9.89 Å². The van der Waals surface area contributed by atoms with Crippen molar-refractivity contribution in [2.45, 2.75) is 51.4 Å².